The molecule has 0 spiro atoms. The Hall–Kier alpha value is -0.820. The SMILES string of the molecule is CCN[C@H](C)CNC(=O)CCCOc1ccc(I)cc1. The van der Waals surface area contributed by atoms with E-state index < -0.39 is 0 Å². The van der Waals surface area contributed by atoms with E-state index in [1.54, 1.807) is 0 Å². The maximum absolute atomic E-state index is 11.6. The summed E-state index contributed by atoms with van der Waals surface area (Å²) < 4.78 is 6.76. The second kappa shape index (κ2) is 9.99. The van der Waals surface area contributed by atoms with Gasteiger partial charge in [0, 0.05) is 22.6 Å². The molecular weight excluding hydrogens is 367 g/mol. The van der Waals surface area contributed by atoms with Crippen molar-refractivity contribution in [1.29, 1.82) is 0 Å². The van der Waals surface area contributed by atoms with Gasteiger partial charge in [-0.05, 0) is 66.7 Å². The van der Waals surface area contributed by atoms with Crippen molar-refractivity contribution in [2.24, 2.45) is 0 Å². The molecule has 1 aromatic rings. The quantitative estimate of drug-likeness (QED) is 0.504. The van der Waals surface area contributed by atoms with E-state index in [-0.39, 0.29) is 5.91 Å². The van der Waals surface area contributed by atoms with Crippen LogP contribution >= 0.6 is 22.6 Å². The Morgan fingerprint density at radius 1 is 1.35 bits per heavy atom. The molecule has 0 radical (unpaired) electrons. The van der Waals surface area contributed by atoms with Gasteiger partial charge in [-0.1, -0.05) is 6.92 Å². The van der Waals surface area contributed by atoms with Gasteiger partial charge < -0.3 is 15.4 Å². The fourth-order valence-corrected chi connectivity index (χ4v) is 2.09. The predicted molar refractivity (Wildman–Crippen MR) is 90.0 cm³/mol. The number of likely N-dealkylation sites (N-methyl/N-ethyl adjacent to an activating group) is 1. The number of ether oxygens (including phenoxy) is 1. The lowest BCUT2D eigenvalue weighted by Crippen LogP contribution is -2.38. The topological polar surface area (TPSA) is 50.4 Å². The number of benzene rings is 1. The normalized spacial score (nSPS) is 11.9. The lowest BCUT2D eigenvalue weighted by molar-refractivity contribution is -0.121. The number of halogens is 1. The van der Waals surface area contributed by atoms with Gasteiger partial charge in [0.1, 0.15) is 5.75 Å². The smallest absolute Gasteiger partial charge is 0.220 e. The molecule has 0 aliphatic heterocycles. The third-order valence-electron chi connectivity index (χ3n) is 2.79. The molecule has 0 bridgehead atoms. The van der Waals surface area contributed by atoms with Crippen molar-refractivity contribution in [3.8, 4) is 5.75 Å². The van der Waals surface area contributed by atoms with Gasteiger partial charge in [0.05, 0.1) is 6.61 Å². The highest BCUT2D eigenvalue weighted by Crippen LogP contribution is 2.13. The van der Waals surface area contributed by atoms with Crippen molar-refractivity contribution in [1.82, 2.24) is 10.6 Å². The summed E-state index contributed by atoms with van der Waals surface area (Å²) >= 11 is 2.26. The van der Waals surface area contributed by atoms with Crippen molar-refractivity contribution in [3.63, 3.8) is 0 Å². The fourth-order valence-electron chi connectivity index (χ4n) is 1.73. The molecule has 1 amide bonds. The van der Waals surface area contributed by atoms with Crippen LogP contribution in [0.2, 0.25) is 0 Å². The number of carbonyl (C=O) groups is 1. The third-order valence-corrected chi connectivity index (χ3v) is 3.51. The predicted octanol–water partition coefficient (Wildman–Crippen LogP) is 2.56. The van der Waals surface area contributed by atoms with Crippen LogP contribution in [0.3, 0.4) is 0 Å². The van der Waals surface area contributed by atoms with E-state index in [0.717, 1.165) is 18.7 Å². The van der Waals surface area contributed by atoms with Crippen LogP contribution < -0.4 is 15.4 Å². The standard InChI is InChI=1S/C15H23IN2O2/c1-3-17-12(2)11-18-15(19)5-4-10-20-14-8-6-13(16)7-9-14/h6-9,12,17H,3-5,10-11H2,1-2H3,(H,18,19)/t12-/m1/s1. The van der Waals surface area contributed by atoms with Gasteiger partial charge in [0.2, 0.25) is 5.91 Å². The minimum atomic E-state index is 0.0842. The van der Waals surface area contributed by atoms with Gasteiger partial charge in [0.15, 0.2) is 0 Å². The van der Waals surface area contributed by atoms with Crippen LogP contribution in [0.1, 0.15) is 26.7 Å². The largest absolute Gasteiger partial charge is 0.494 e. The lowest BCUT2D eigenvalue weighted by atomic mass is 10.3. The Morgan fingerprint density at radius 3 is 2.70 bits per heavy atom. The first-order chi connectivity index (χ1) is 9.61. The van der Waals surface area contributed by atoms with Gasteiger partial charge in [-0.3, -0.25) is 4.79 Å². The number of hydrogen-bond acceptors (Lipinski definition) is 3. The molecule has 20 heavy (non-hydrogen) atoms. The zero-order valence-corrected chi connectivity index (χ0v) is 14.3. The molecule has 0 unspecified atom stereocenters. The third kappa shape index (κ3) is 7.69. The summed E-state index contributed by atoms with van der Waals surface area (Å²) in [7, 11) is 0. The average Bonchev–Trinajstić information content (AvgIpc) is 2.43. The lowest BCUT2D eigenvalue weighted by Gasteiger charge is -2.13. The molecule has 0 saturated heterocycles. The molecule has 2 N–H and O–H groups in total. The zero-order chi connectivity index (χ0) is 14.8. The molecule has 0 aliphatic rings. The van der Waals surface area contributed by atoms with Crippen LogP contribution in [-0.2, 0) is 4.79 Å². The molecule has 112 valence electrons. The molecule has 0 fully saturated rings. The maximum atomic E-state index is 11.6. The Balaban J connectivity index is 2.08. The summed E-state index contributed by atoms with van der Waals surface area (Å²) in [5, 5.41) is 6.17. The highest BCUT2D eigenvalue weighted by molar-refractivity contribution is 14.1. The van der Waals surface area contributed by atoms with E-state index in [4.69, 9.17) is 4.74 Å². The van der Waals surface area contributed by atoms with E-state index in [1.807, 2.05) is 24.3 Å². The van der Waals surface area contributed by atoms with Crippen molar-refractivity contribution in [2.45, 2.75) is 32.7 Å². The van der Waals surface area contributed by atoms with Crippen LogP contribution in [0.4, 0.5) is 0 Å². The number of hydrogen-bond donors (Lipinski definition) is 2. The number of amides is 1. The minimum absolute atomic E-state index is 0.0842. The average molecular weight is 390 g/mol. The zero-order valence-electron chi connectivity index (χ0n) is 12.1. The Morgan fingerprint density at radius 2 is 2.05 bits per heavy atom. The van der Waals surface area contributed by atoms with Crippen LogP contribution in [-0.4, -0.2) is 31.6 Å². The second-order valence-electron chi connectivity index (χ2n) is 4.67. The molecule has 4 nitrogen and oxygen atoms in total. The number of rotatable bonds is 9. The minimum Gasteiger partial charge on any atom is -0.494 e. The van der Waals surface area contributed by atoms with Gasteiger partial charge in [-0.2, -0.15) is 0 Å². The first-order valence-electron chi connectivity index (χ1n) is 7.00. The van der Waals surface area contributed by atoms with Gasteiger partial charge in [-0.15, -0.1) is 0 Å². The molecule has 0 heterocycles. The van der Waals surface area contributed by atoms with E-state index in [1.165, 1.54) is 3.57 Å². The second-order valence-corrected chi connectivity index (χ2v) is 5.91. The summed E-state index contributed by atoms with van der Waals surface area (Å²) in [5.41, 5.74) is 0. The Bertz CT molecular complexity index is 395. The fraction of sp³-hybridized carbons (Fsp3) is 0.533. The first-order valence-corrected chi connectivity index (χ1v) is 8.08. The molecule has 1 aromatic carbocycles. The van der Waals surface area contributed by atoms with Crippen LogP contribution in [0.25, 0.3) is 0 Å². The van der Waals surface area contributed by atoms with Gasteiger partial charge in [-0.25, -0.2) is 0 Å². The monoisotopic (exact) mass is 390 g/mol. The van der Waals surface area contributed by atoms with Crippen LogP contribution in [0.5, 0.6) is 5.75 Å². The molecule has 5 heteroatoms. The van der Waals surface area contributed by atoms with Crippen LogP contribution in [0.15, 0.2) is 24.3 Å². The number of nitrogens with one attached hydrogen (secondary N) is 2. The van der Waals surface area contributed by atoms with Crippen molar-refractivity contribution in [2.75, 3.05) is 19.7 Å². The molecule has 0 aromatic heterocycles. The number of carbonyl (C=O) groups excluding carboxylic acids is 1. The summed E-state index contributed by atoms with van der Waals surface area (Å²) in [4.78, 5) is 11.6. The molecule has 1 rings (SSSR count). The van der Waals surface area contributed by atoms with Gasteiger partial charge in [0.25, 0.3) is 0 Å². The van der Waals surface area contributed by atoms with Crippen molar-refractivity contribution < 1.29 is 9.53 Å². The Kier molecular flexibility index (Phi) is 8.60. The van der Waals surface area contributed by atoms with Crippen LogP contribution in [0, 0.1) is 3.57 Å². The van der Waals surface area contributed by atoms with Crippen molar-refractivity contribution in [3.05, 3.63) is 27.8 Å². The van der Waals surface area contributed by atoms with E-state index >= 15 is 0 Å². The molecule has 1 atom stereocenters. The molecular formula is C15H23IN2O2. The maximum Gasteiger partial charge on any atom is 0.220 e. The first kappa shape index (κ1) is 17.2. The molecule has 0 saturated carbocycles. The highest BCUT2D eigenvalue weighted by atomic mass is 127. The van der Waals surface area contributed by atoms with Gasteiger partial charge >= 0.3 is 0 Å². The summed E-state index contributed by atoms with van der Waals surface area (Å²) in [6.45, 7) is 6.27. The summed E-state index contributed by atoms with van der Waals surface area (Å²) in [6, 6.07) is 8.21. The van der Waals surface area contributed by atoms with E-state index in [9.17, 15) is 4.79 Å². The van der Waals surface area contributed by atoms with Crippen molar-refractivity contribution >= 4 is 28.5 Å². The summed E-state index contributed by atoms with van der Waals surface area (Å²) in [5.74, 6) is 0.938. The Labute approximate surface area is 134 Å². The van der Waals surface area contributed by atoms with E-state index in [2.05, 4.69) is 47.1 Å². The van der Waals surface area contributed by atoms with E-state index in [0.29, 0.717) is 25.6 Å². The summed E-state index contributed by atoms with van der Waals surface area (Å²) in [6.07, 6.45) is 1.23. The molecule has 0 aliphatic carbocycles. The highest BCUT2D eigenvalue weighted by Gasteiger charge is 2.04.